The Balaban J connectivity index is 1.50. The first-order valence-electron chi connectivity index (χ1n) is 7.71. The lowest BCUT2D eigenvalue weighted by atomic mass is 9.94. The Morgan fingerprint density at radius 2 is 2.33 bits per heavy atom. The summed E-state index contributed by atoms with van der Waals surface area (Å²) >= 11 is 0. The maximum Gasteiger partial charge on any atom is 0.244 e. The van der Waals surface area contributed by atoms with Crippen LogP contribution in [0.3, 0.4) is 0 Å². The van der Waals surface area contributed by atoms with Crippen molar-refractivity contribution >= 4 is 5.95 Å². The second kappa shape index (κ2) is 5.14. The second-order valence-electron chi connectivity index (χ2n) is 6.05. The van der Waals surface area contributed by atoms with Gasteiger partial charge in [0.1, 0.15) is 6.04 Å². The predicted molar refractivity (Wildman–Crippen MR) is 79.2 cm³/mol. The van der Waals surface area contributed by atoms with Crippen LogP contribution in [-0.4, -0.2) is 50.6 Å². The van der Waals surface area contributed by atoms with Gasteiger partial charge in [0.15, 0.2) is 5.82 Å². The molecule has 4 heterocycles. The molecule has 7 heteroatoms. The van der Waals surface area contributed by atoms with Crippen molar-refractivity contribution in [2.45, 2.75) is 31.8 Å². The summed E-state index contributed by atoms with van der Waals surface area (Å²) in [6, 6.07) is 2.60. The highest BCUT2D eigenvalue weighted by molar-refractivity contribution is 5.33. The van der Waals surface area contributed by atoms with E-state index in [0.29, 0.717) is 6.04 Å². The third kappa shape index (κ3) is 2.31. The van der Waals surface area contributed by atoms with Crippen LogP contribution in [0.15, 0.2) is 18.5 Å². The number of fused-ring (bicyclic) bond motifs is 1. The van der Waals surface area contributed by atoms with Crippen molar-refractivity contribution in [1.29, 1.82) is 0 Å². The van der Waals surface area contributed by atoms with Crippen LogP contribution in [0, 0.1) is 5.92 Å². The molecule has 2 aromatic heterocycles. The smallest absolute Gasteiger partial charge is 0.244 e. The number of nitrogens with zero attached hydrogens (tertiary/aromatic N) is 5. The normalized spacial score (nSPS) is 26.8. The predicted octanol–water partition coefficient (Wildman–Crippen LogP) is 0.799. The van der Waals surface area contributed by atoms with E-state index in [9.17, 15) is 0 Å². The summed E-state index contributed by atoms with van der Waals surface area (Å²) in [4.78, 5) is 6.97. The minimum atomic E-state index is 0.0734. The molecule has 2 aliphatic rings. The Morgan fingerprint density at radius 3 is 3.14 bits per heavy atom. The maximum atomic E-state index is 4.68. The lowest BCUT2D eigenvalue weighted by molar-refractivity contribution is 0.340. The molecule has 3 atom stereocenters. The van der Waals surface area contributed by atoms with Gasteiger partial charge in [-0.15, -0.1) is 5.10 Å². The molecule has 21 heavy (non-hydrogen) atoms. The van der Waals surface area contributed by atoms with Gasteiger partial charge >= 0.3 is 0 Å². The molecular weight excluding hydrogens is 266 g/mol. The van der Waals surface area contributed by atoms with Gasteiger partial charge in [0.05, 0.1) is 0 Å². The average Bonchev–Trinajstić information content (AvgIpc) is 3.24. The molecule has 0 bridgehead atoms. The third-order valence-electron chi connectivity index (χ3n) is 4.69. The quantitative estimate of drug-likeness (QED) is 0.873. The van der Waals surface area contributed by atoms with Gasteiger partial charge in [-0.1, -0.05) is 0 Å². The van der Waals surface area contributed by atoms with E-state index in [-0.39, 0.29) is 6.04 Å². The summed E-state index contributed by atoms with van der Waals surface area (Å²) in [5.74, 6) is 2.42. The minimum Gasteiger partial charge on any atom is -0.338 e. The van der Waals surface area contributed by atoms with Gasteiger partial charge in [-0.05, 0) is 38.3 Å². The number of aromatic nitrogens is 5. The van der Waals surface area contributed by atoms with Gasteiger partial charge in [-0.2, -0.15) is 10.1 Å². The Morgan fingerprint density at radius 1 is 1.38 bits per heavy atom. The van der Waals surface area contributed by atoms with Gasteiger partial charge in [-0.3, -0.25) is 9.78 Å². The topological polar surface area (TPSA) is 74.7 Å². The number of hydrogen-bond donors (Lipinski definition) is 2. The number of piperidine rings is 1. The summed E-state index contributed by atoms with van der Waals surface area (Å²) in [7, 11) is 0. The first-order chi connectivity index (χ1) is 10.3. The van der Waals surface area contributed by atoms with Crippen LogP contribution in [0.4, 0.5) is 5.95 Å². The molecule has 0 amide bonds. The van der Waals surface area contributed by atoms with Crippen molar-refractivity contribution in [1.82, 2.24) is 30.3 Å². The first kappa shape index (κ1) is 12.8. The summed E-state index contributed by atoms with van der Waals surface area (Å²) in [5.41, 5.74) is 0. The second-order valence-corrected chi connectivity index (χ2v) is 6.05. The van der Waals surface area contributed by atoms with Crippen molar-refractivity contribution in [2.75, 3.05) is 24.5 Å². The van der Waals surface area contributed by atoms with Crippen molar-refractivity contribution in [3.8, 4) is 0 Å². The fourth-order valence-corrected chi connectivity index (χ4v) is 3.44. The molecule has 0 spiro atoms. The largest absolute Gasteiger partial charge is 0.338 e. The van der Waals surface area contributed by atoms with Crippen molar-refractivity contribution in [3.63, 3.8) is 0 Å². The summed E-state index contributed by atoms with van der Waals surface area (Å²) in [6.45, 7) is 5.29. The molecule has 2 N–H and O–H groups in total. The maximum absolute atomic E-state index is 4.68. The molecule has 2 aromatic rings. The molecule has 2 saturated heterocycles. The Bertz CT molecular complexity index is 576. The molecule has 0 saturated carbocycles. The zero-order chi connectivity index (χ0) is 14.2. The van der Waals surface area contributed by atoms with Crippen LogP contribution in [0.5, 0.6) is 0 Å². The zero-order valence-electron chi connectivity index (χ0n) is 12.2. The van der Waals surface area contributed by atoms with E-state index >= 15 is 0 Å². The summed E-state index contributed by atoms with van der Waals surface area (Å²) in [5, 5.41) is 15.4. The molecule has 112 valence electrons. The Hall–Kier alpha value is -1.89. The van der Waals surface area contributed by atoms with E-state index in [2.05, 4.69) is 37.4 Å². The highest BCUT2D eigenvalue weighted by atomic mass is 15.4. The zero-order valence-corrected chi connectivity index (χ0v) is 12.2. The average molecular weight is 287 g/mol. The molecular formula is C14H21N7. The molecule has 7 nitrogen and oxygen atoms in total. The fraction of sp³-hybridized carbons (Fsp3) is 0.643. The SMILES string of the molecule is CC(c1nc(N2CC3CCCNC3C2)n[nH]1)n1cccn1. The minimum absolute atomic E-state index is 0.0734. The van der Waals surface area contributed by atoms with Crippen molar-refractivity contribution < 1.29 is 0 Å². The van der Waals surface area contributed by atoms with E-state index in [1.54, 1.807) is 6.20 Å². The number of aromatic amines is 1. The number of rotatable bonds is 3. The number of anilines is 1. The number of nitrogens with one attached hydrogen (secondary N) is 2. The van der Waals surface area contributed by atoms with Crippen LogP contribution >= 0.6 is 0 Å². The summed E-state index contributed by atoms with van der Waals surface area (Å²) < 4.78 is 1.88. The van der Waals surface area contributed by atoms with Gasteiger partial charge in [-0.25, -0.2) is 0 Å². The monoisotopic (exact) mass is 287 g/mol. The van der Waals surface area contributed by atoms with E-state index in [0.717, 1.165) is 37.3 Å². The van der Waals surface area contributed by atoms with E-state index in [1.807, 2.05) is 16.9 Å². The van der Waals surface area contributed by atoms with Crippen LogP contribution in [0.2, 0.25) is 0 Å². The van der Waals surface area contributed by atoms with E-state index in [1.165, 1.54) is 12.8 Å². The standard InChI is InChI=1S/C14H21N7/c1-10(21-7-3-6-16-21)13-17-14(19-18-13)20-8-11-4-2-5-15-12(11)9-20/h3,6-7,10-12,15H,2,4-5,8-9H2,1H3,(H,17,18,19). The van der Waals surface area contributed by atoms with Crippen LogP contribution in [0.25, 0.3) is 0 Å². The Labute approximate surface area is 123 Å². The molecule has 2 aliphatic heterocycles. The third-order valence-corrected chi connectivity index (χ3v) is 4.69. The number of H-pyrrole nitrogens is 1. The van der Waals surface area contributed by atoms with Crippen molar-refractivity contribution in [2.24, 2.45) is 5.92 Å². The van der Waals surface area contributed by atoms with Gasteiger partial charge in [0, 0.05) is 31.5 Å². The lowest BCUT2D eigenvalue weighted by Gasteiger charge is -2.24. The number of hydrogen-bond acceptors (Lipinski definition) is 5. The highest BCUT2D eigenvalue weighted by Gasteiger charge is 2.35. The van der Waals surface area contributed by atoms with Gasteiger partial charge in [0.2, 0.25) is 5.95 Å². The van der Waals surface area contributed by atoms with Crippen LogP contribution in [0.1, 0.15) is 31.6 Å². The van der Waals surface area contributed by atoms with E-state index < -0.39 is 0 Å². The summed E-state index contributed by atoms with van der Waals surface area (Å²) in [6.07, 6.45) is 6.32. The lowest BCUT2D eigenvalue weighted by Crippen LogP contribution is -2.40. The molecule has 2 fully saturated rings. The highest BCUT2D eigenvalue weighted by Crippen LogP contribution is 2.27. The Kier molecular flexibility index (Phi) is 3.14. The first-order valence-corrected chi connectivity index (χ1v) is 7.71. The molecule has 0 aliphatic carbocycles. The fourth-order valence-electron chi connectivity index (χ4n) is 3.44. The molecule has 0 aromatic carbocycles. The molecule has 3 unspecified atom stereocenters. The van der Waals surface area contributed by atoms with Gasteiger partial charge in [0.25, 0.3) is 0 Å². The van der Waals surface area contributed by atoms with Gasteiger partial charge < -0.3 is 10.2 Å². The molecule has 0 radical (unpaired) electrons. The van der Waals surface area contributed by atoms with Crippen LogP contribution in [-0.2, 0) is 0 Å². The molecule has 4 rings (SSSR count). The van der Waals surface area contributed by atoms with Crippen molar-refractivity contribution in [3.05, 3.63) is 24.3 Å². The van der Waals surface area contributed by atoms with E-state index in [4.69, 9.17) is 0 Å². The van der Waals surface area contributed by atoms with Crippen LogP contribution < -0.4 is 10.2 Å².